The second-order valence-corrected chi connectivity index (χ2v) is 41.7. The number of carbonyl (C=O) groups excluding carboxylic acids is 1. The van der Waals surface area contributed by atoms with Gasteiger partial charge in [-0.05, 0) is 0 Å². The van der Waals surface area contributed by atoms with Gasteiger partial charge in [-0.1, -0.05) is 0 Å². The average molecular weight is 579 g/mol. The number of hydrogen-bond donors (Lipinski definition) is 0. The van der Waals surface area contributed by atoms with Gasteiger partial charge in [-0.25, -0.2) is 0 Å². The van der Waals surface area contributed by atoms with Gasteiger partial charge in [-0.2, -0.15) is 0 Å². The van der Waals surface area contributed by atoms with E-state index in [1.165, 1.54) is 20.0 Å². The van der Waals surface area contributed by atoms with Crippen LogP contribution in [0.25, 0.3) is 0 Å². The van der Waals surface area contributed by atoms with Gasteiger partial charge in [0, 0.05) is 0 Å². The molecule has 1 amide bonds. The Morgan fingerprint density at radius 2 is 1.30 bits per heavy atom. The van der Waals surface area contributed by atoms with Crippen LogP contribution in [0.5, 0.6) is 0 Å². The molecule has 0 aliphatic carbocycles. The van der Waals surface area contributed by atoms with Crippen molar-refractivity contribution in [3.8, 4) is 0 Å². The molecule has 2 nitrogen and oxygen atoms in total. The zero-order valence-electron chi connectivity index (χ0n) is 18.1. The van der Waals surface area contributed by atoms with E-state index in [1.807, 2.05) is 19.2 Å². The molecular weight excluding hydrogens is 544 g/mol. The van der Waals surface area contributed by atoms with Crippen molar-refractivity contribution in [3.05, 3.63) is 65.2 Å². The molecule has 2 rings (SSSR count). The summed E-state index contributed by atoms with van der Waals surface area (Å²) in [6.45, 7) is 0. The van der Waals surface area contributed by atoms with Gasteiger partial charge in [-0.15, -0.1) is 0 Å². The number of anilines is 1. The molecule has 0 bridgehead atoms. The van der Waals surface area contributed by atoms with E-state index in [-0.39, 0.29) is 5.91 Å². The Morgan fingerprint density at radius 1 is 0.778 bits per heavy atom. The molecule has 0 spiro atoms. The van der Waals surface area contributed by atoms with E-state index in [2.05, 4.69) is 66.0 Å². The van der Waals surface area contributed by atoms with Crippen molar-refractivity contribution in [2.45, 2.75) is 44.9 Å². The summed E-state index contributed by atoms with van der Waals surface area (Å²) in [6, 6.07) is 16.7. The summed E-state index contributed by atoms with van der Waals surface area (Å²) < 4.78 is 2.59. The summed E-state index contributed by atoms with van der Waals surface area (Å²) in [5, 5.41) is 0. The standard InChI is InChI=1S/C17H17NO.6CH3.2Sn/c1-4-14-7-11-16(12-8-14)18(3)17(19)15-9-5-13(2)6-10-15;;;;;;;;/h5-12H,1-2,4H2,3H3;6*1H3;;. The second kappa shape index (κ2) is 9.34. The molecule has 2 aromatic rings. The normalized spacial score (nSPS) is 12.1. The Morgan fingerprint density at radius 3 is 1.78 bits per heavy atom. The van der Waals surface area contributed by atoms with Crippen LogP contribution in [0.1, 0.15) is 21.5 Å². The number of nitrogens with zero attached hydrogens (tertiary/aromatic N) is 1. The van der Waals surface area contributed by atoms with Crippen LogP contribution in [-0.4, -0.2) is 49.7 Å². The second-order valence-electron chi connectivity index (χ2n) is 10.0. The van der Waals surface area contributed by atoms with Crippen molar-refractivity contribution in [2.75, 3.05) is 11.9 Å². The SMILES string of the molecule is CN(C(=O)c1ccc([CH2][Sn]([CH3])([CH3])[CH3])cc1)c1ccc(C[CH2][Sn]([CH3])([CH3])[CH3])cc1. The predicted molar refractivity (Wildman–Crippen MR) is 125 cm³/mol. The van der Waals surface area contributed by atoms with E-state index in [4.69, 9.17) is 0 Å². The Labute approximate surface area is 174 Å². The molecular formula is C23H35NOSn2. The van der Waals surface area contributed by atoms with Crippen molar-refractivity contribution in [1.82, 2.24) is 0 Å². The summed E-state index contributed by atoms with van der Waals surface area (Å²) in [6.07, 6.45) is 1.16. The van der Waals surface area contributed by atoms with Gasteiger partial charge in [0.1, 0.15) is 0 Å². The fourth-order valence-electron chi connectivity index (χ4n) is 3.09. The Bertz CT molecular complexity index is 753. The van der Waals surface area contributed by atoms with Gasteiger partial charge in [0.15, 0.2) is 0 Å². The molecule has 0 atom stereocenters. The summed E-state index contributed by atoms with van der Waals surface area (Å²) in [5.41, 5.74) is 4.46. The number of carbonyl (C=O) groups is 1. The van der Waals surface area contributed by atoms with Gasteiger partial charge >= 0.3 is 175 Å². The van der Waals surface area contributed by atoms with E-state index >= 15 is 0 Å². The molecule has 0 aliphatic rings. The molecule has 146 valence electrons. The number of benzene rings is 2. The molecule has 0 fully saturated rings. The number of hydrogen-bond acceptors (Lipinski definition) is 1. The third-order valence-electron chi connectivity index (χ3n) is 4.73. The van der Waals surface area contributed by atoms with Gasteiger partial charge in [0.2, 0.25) is 0 Å². The monoisotopic (exact) mass is 581 g/mol. The fourth-order valence-corrected chi connectivity index (χ4v) is 10.2. The number of rotatable bonds is 7. The first-order valence-electron chi connectivity index (χ1n) is 9.91. The number of amides is 1. The molecule has 0 unspecified atom stereocenters. The zero-order valence-corrected chi connectivity index (χ0v) is 23.8. The van der Waals surface area contributed by atoms with Crippen LogP contribution in [-0.2, 0) is 10.9 Å². The molecule has 2 aromatic carbocycles. The molecule has 27 heavy (non-hydrogen) atoms. The van der Waals surface area contributed by atoms with E-state index in [9.17, 15) is 4.79 Å². The minimum atomic E-state index is -1.84. The first-order valence-corrected chi connectivity index (χ1v) is 31.1. The van der Waals surface area contributed by atoms with E-state index < -0.39 is 36.8 Å². The maximum atomic E-state index is 12.8. The molecule has 0 aromatic heterocycles. The first kappa shape index (κ1) is 22.8. The zero-order chi connectivity index (χ0) is 20.2. The van der Waals surface area contributed by atoms with Gasteiger partial charge in [0.25, 0.3) is 0 Å². The van der Waals surface area contributed by atoms with Crippen molar-refractivity contribution < 1.29 is 4.79 Å². The molecule has 0 N–H and O–H groups in total. The van der Waals surface area contributed by atoms with E-state index in [0.717, 1.165) is 17.7 Å². The average Bonchev–Trinajstić information content (AvgIpc) is 2.58. The Hall–Kier alpha value is -0.493. The quantitative estimate of drug-likeness (QED) is 0.355. The fraction of sp³-hybridized carbons (Fsp3) is 0.435. The Kier molecular flexibility index (Phi) is 7.88. The molecule has 0 saturated carbocycles. The predicted octanol–water partition coefficient (Wildman–Crippen LogP) is 6.26. The molecule has 0 aliphatic heterocycles. The molecule has 0 radical (unpaired) electrons. The summed E-state index contributed by atoms with van der Waals surface area (Å²) >= 11 is -3.56. The van der Waals surface area contributed by atoms with Gasteiger partial charge in [0.05, 0.1) is 0 Å². The third-order valence-corrected chi connectivity index (χ3v) is 13.9. The number of aryl methyl sites for hydroxylation is 1. The van der Waals surface area contributed by atoms with Gasteiger partial charge < -0.3 is 0 Å². The molecule has 0 saturated heterocycles. The van der Waals surface area contributed by atoms with Crippen LogP contribution in [0, 0.1) is 0 Å². The van der Waals surface area contributed by atoms with E-state index in [1.54, 1.807) is 4.90 Å². The van der Waals surface area contributed by atoms with Crippen LogP contribution in [0.3, 0.4) is 0 Å². The van der Waals surface area contributed by atoms with E-state index in [0.29, 0.717) is 0 Å². The van der Waals surface area contributed by atoms with Crippen LogP contribution < -0.4 is 4.90 Å². The first-order chi connectivity index (χ1) is 12.4. The topological polar surface area (TPSA) is 20.3 Å². The van der Waals surface area contributed by atoms with Crippen LogP contribution in [0.15, 0.2) is 48.5 Å². The minimum absolute atomic E-state index is 0.0551. The third kappa shape index (κ3) is 7.80. The molecule has 0 heterocycles. The molecule has 4 heteroatoms. The summed E-state index contributed by atoms with van der Waals surface area (Å²) in [4.78, 5) is 29.3. The van der Waals surface area contributed by atoms with Crippen LogP contribution in [0.2, 0.25) is 34.1 Å². The van der Waals surface area contributed by atoms with Crippen molar-refractivity contribution in [1.29, 1.82) is 0 Å². The van der Waals surface area contributed by atoms with Crippen molar-refractivity contribution in [2.24, 2.45) is 0 Å². The Balaban J connectivity index is 2.04. The summed E-state index contributed by atoms with van der Waals surface area (Å²) in [7, 11) is 1.86. The summed E-state index contributed by atoms with van der Waals surface area (Å²) in [5.74, 6) is 0.0551. The van der Waals surface area contributed by atoms with Crippen LogP contribution in [0.4, 0.5) is 5.69 Å². The maximum absolute atomic E-state index is 12.8. The van der Waals surface area contributed by atoms with Gasteiger partial charge in [-0.3, -0.25) is 0 Å². The van der Waals surface area contributed by atoms with Crippen molar-refractivity contribution >= 4 is 48.3 Å². The van der Waals surface area contributed by atoms with Crippen molar-refractivity contribution in [3.63, 3.8) is 0 Å². The van der Waals surface area contributed by atoms with Crippen LogP contribution >= 0.6 is 0 Å².